The van der Waals surface area contributed by atoms with E-state index in [1.54, 1.807) is 41.3 Å². The van der Waals surface area contributed by atoms with Crippen LogP contribution in [0.15, 0.2) is 60.7 Å². The Hall–Kier alpha value is -3.15. The van der Waals surface area contributed by atoms with Gasteiger partial charge in [-0.1, -0.05) is 36.4 Å². The van der Waals surface area contributed by atoms with E-state index in [-0.39, 0.29) is 30.2 Å². The third kappa shape index (κ3) is 5.42. The van der Waals surface area contributed by atoms with Crippen LogP contribution >= 0.6 is 0 Å². The second kappa shape index (κ2) is 9.69. The van der Waals surface area contributed by atoms with Crippen molar-refractivity contribution in [3.05, 3.63) is 71.8 Å². The number of hydrogen-bond donors (Lipinski definition) is 2. The van der Waals surface area contributed by atoms with Crippen LogP contribution in [0.4, 0.5) is 0 Å². The van der Waals surface area contributed by atoms with Crippen molar-refractivity contribution >= 4 is 17.7 Å². The zero-order chi connectivity index (χ0) is 19.8. The fourth-order valence-corrected chi connectivity index (χ4v) is 3.26. The van der Waals surface area contributed by atoms with Gasteiger partial charge in [-0.25, -0.2) is 0 Å². The fourth-order valence-electron chi connectivity index (χ4n) is 3.26. The van der Waals surface area contributed by atoms with Gasteiger partial charge in [0.15, 0.2) is 0 Å². The highest BCUT2D eigenvalue weighted by Gasteiger charge is 2.24. The lowest BCUT2D eigenvalue weighted by Crippen LogP contribution is -2.47. The molecular weight excluding hydrogens is 354 g/mol. The molecular formula is C22H25N3O3. The highest BCUT2D eigenvalue weighted by Crippen LogP contribution is 2.12. The monoisotopic (exact) mass is 379 g/mol. The Balaban J connectivity index is 1.37. The van der Waals surface area contributed by atoms with E-state index in [1.807, 2.05) is 24.3 Å². The Bertz CT molecular complexity index is 800. The molecule has 0 bridgehead atoms. The summed E-state index contributed by atoms with van der Waals surface area (Å²) >= 11 is 0. The van der Waals surface area contributed by atoms with E-state index in [0.29, 0.717) is 30.8 Å². The fraction of sp³-hybridized carbons (Fsp3) is 0.318. The number of hydrogen-bond acceptors (Lipinski definition) is 3. The van der Waals surface area contributed by atoms with Crippen molar-refractivity contribution in [2.24, 2.45) is 0 Å². The molecule has 28 heavy (non-hydrogen) atoms. The average molecular weight is 379 g/mol. The Morgan fingerprint density at radius 2 is 1.36 bits per heavy atom. The van der Waals surface area contributed by atoms with Gasteiger partial charge in [-0.15, -0.1) is 0 Å². The lowest BCUT2D eigenvalue weighted by Gasteiger charge is -2.32. The van der Waals surface area contributed by atoms with E-state index >= 15 is 0 Å². The van der Waals surface area contributed by atoms with Crippen LogP contribution in [0.25, 0.3) is 0 Å². The number of carbonyl (C=O) groups is 3. The van der Waals surface area contributed by atoms with Gasteiger partial charge in [0.1, 0.15) is 0 Å². The Labute approximate surface area is 164 Å². The minimum absolute atomic E-state index is 0.0289. The smallest absolute Gasteiger partial charge is 0.251 e. The summed E-state index contributed by atoms with van der Waals surface area (Å²) in [7, 11) is 0. The van der Waals surface area contributed by atoms with Gasteiger partial charge in [0, 0.05) is 43.2 Å². The quantitative estimate of drug-likeness (QED) is 0.808. The van der Waals surface area contributed by atoms with E-state index in [0.717, 1.165) is 12.8 Å². The molecule has 2 aromatic rings. The van der Waals surface area contributed by atoms with Crippen molar-refractivity contribution in [3.8, 4) is 0 Å². The molecule has 3 amide bonds. The topological polar surface area (TPSA) is 78.5 Å². The molecule has 146 valence electrons. The molecule has 6 nitrogen and oxygen atoms in total. The highest BCUT2D eigenvalue weighted by atomic mass is 16.2. The average Bonchev–Trinajstić information content (AvgIpc) is 2.75. The molecule has 0 unspecified atom stereocenters. The van der Waals surface area contributed by atoms with E-state index in [4.69, 9.17) is 0 Å². The predicted molar refractivity (Wildman–Crippen MR) is 107 cm³/mol. The molecule has 0 spiro atoms. The Morgan fingerprint density at radius 1 is 0.821 bits per heavy atom. The number of nitrogens with one attached hydrogen (secondary N) is 2. The zero-order valence-electron chi connectivity index (χ0n) is 15.8. The minimum atomic E-state index is -0.171. The zero-order valence-corrected chi connectivity index (χ0v) is 15.8. The number of nitrogens with zero attached hydrogens (tertiary/aromatic N) is 1. The normalized spacial score (nSPS) is 14.4. The lowest BCUT2D eigenvalue weighted by molar-refractivity contribution is -0.132. The second-order valence-electron chi connectivity index (χ2n) is 6.87. The summed E-state index contributed by atoms with van der Waals surface area (Å²) in [6, 6.07) is 18.2. The van der Waals surface area contributed by atoms with Gasteiger partial charge >= 0.3 is 0 Å². The second-order valence-corrected chi connectivity index (χ2v) is 6.87. The summed E-state index contributed by atoms with van der Waals surface area (Å²) in [5, 5.41) is 5.82. The Kier molecular flexibility index (Phi) is 6.78. The lowest BCUT2D eigenvalue weighted by atomic mass is 10.0. The molecule has 0 atom stereocenters. The highest BCUT2D eigenvalue weighted by molar-refractivity contribution is 5.94. The molecule has 1 aliphatic heterocycles. The minimum Gasteiger partial charge on any atom is -0.352 e. The van der Waals surface area contributed by atoms with Gasteiger partial charge in [-0.05, 0) is 37.1 Å². The van der Waals surface area contributed by atoms with Gasteiger partial charge < -0.3 is 15.5 Å². The van der Waals surface area contributed by atoms with Crippen LogP contribution in [0, 0.1) is 0 Å². The van der Waals surface area contributed by atoms with Crippen LogP contribution in [0.2, 0.25) is 0 Å². The van der Waals surface area contributed by atoms with Crippen molar-refractivity contribution in [1.82, 2.24) is 15.5 Å². The van der Waals surface area contributed by atoms with Crippen LogP contribution in [-0.2, 0) is 4.79 Å². The first-order chi connectivity index (χ1) is 13.6. The number of rotatable bonds is 6. The number of carbonyl (C=O) groups excluding carboxylic acids is 3. The van der Waals surface area contributed by atoms with Crippen molar-refractivity contribution in [2.75, 3.05) is 19.6 Å². The first kappa shape index (κ1) is 19.6. The molecule has 6 heteroatoms. The van der Waals surface area contributed by atoms with Crippen LogP contribution in [-0.4, -0.2) is 48.3 Å². The maximum absolute atomic E-state index is 12.4. The molecule has 1 aliphatic rings. The predicted octanol–water partition coefficient (Wildman–Crippen LogP) is 2.23. The number of amides is 3. The van der Waals surface area contributed by atoms with Crippen molar-refractivity contribution in [1.29, 1.82) is 0 Å². The molecule has 3 rings (SSSR count). The summed E-state index contributed by atoms with van der Waals surface area (Å²) in [5.41, 5.74) is 1.24. The molecule has 0 saturated carbocycles. The third-order valence-electron chi connectivity index (χ3n) is 4.88. The molecule has 1 saturated heterocycles. The Morgan fingerprint density at radius 3 is 1.93 bits per heavy atom. The molecule has 0 aliphatic carbocycles. The number of benzene rings is 2. The van der Waals surface area contributed by atoms with E-state index in [2.05, 4.69) is 10.6 Å². The standard InChI is InChI=1S/C22H25N3O3/c26-20(11-14-23-21(27)17-7-3-1-4-8-17)25-15-12-19(13-16-25)24-22(28)18-9-5-2-6-10-18/h1-10,19H,11-16H2,(H,23,27)(H,24,28). The number of piperidine rings is 1. The summed E-state index contributed by atoms with van der Waals surface area (Å²) in [6.45, 7) is 1.55. The molecule has 1 heterocycles. The third-order valence-corrected chi connectivity index (χ3v) is 4.88. The number of likely N-dealkylation sites (tertiary alicyclic amines) is 1. The van der Waals surface area contributed by atoms with Crippen LogP contribution in [0.1, 0.15) is 40.0 Å². The van der Waals surface area contributed by atoms with Crippen molar-refractivity contribution < 1.29 is 14.4 Å². The maximum Gasteiger partial charge on any atom is 0.251 e. The first-order valence-corrected chi connectivity index (χ1v) is 9.60. The molecule has 2 aromatic carbocycles. The summed E-state index contributed by atoms with van der Waals surface area (Å²) in [5.74, 6) is -0.217. The summed E-state index contributed by atoms with van der Waals surface area (Å²) in [4.78, 5) is 38.4. The molecule has 0 radical (unpaired) electrons. The largest absolute Gasteiger partial charge is 0.352 e. The SMILES string of the molecule is O=C(NCCC(=O)N1CCC(NC(=O)c2ccccc2)CC1)c1ccccc1. The van der Waals surface area contributed by atoms with Crippen LogP contribution in [0.3, 0.4) is 0 Å². The van der Waals surface area contributed by atoms with Crippen LogP contribution in [0.5, 0.6) is 0 Å². The molecule has 2 N–H and O–H groups in total. The van der Waals surface area contributed by atoms with Gasteiger partial charge in [-0.2, -0.15) is 0 Å². The van der Waals surface area contributed by atoms with E-state index < -0.39 is 0 Å². The van der Waals surface area contributed by atoms with Crippen LogP contribution < -0.4 is 10.6 Å². The first-order valence-electron chi connectivity index (χ1n) is 9.60. The van der Waals surface area contributed by atoms with Crippen molar-refractivity contribution in [3.63, 3.8) is 0 Å². The molecule has 1 fully saturated rings. The van der Waals surface area contributed by atoms with Gasteiger partial charge in [0.05, 0.1) is 0 Å². The van der Waals surface area contributed by atoms with E-state index in [1.165, 1.54) is 0 Å². The van der Waals surface area contributed by atoms with E-state index in [9.17, 15) is 14.4 Å². The summed E-state index contributed by atoms with van der Waals surface area (Å²) < 4.78 is 0. The van der Waals surface area contributed by atoms with Gasteiger partial charge in [0.2, 0.25) is 5.91 Å². The van der Waals surface area contributed by atoms with Crippen molar-refractivity contribution in [2.45, 2.75) is 25.3 Å². The maximum atomic E-state index is 12.4. The summed E-state index contributed by atoms with van der Waals surface area (Å²) in [6.07, 6.45) is 1.75. The van der Waals surface area contributed by atoms with Gasteiger partial charge in [-0.3, -0.25) is 14.4 Å². The molecule has 0 aromatic heterocycles. The van der Waals surface area contributed by atoms with Gasteiger partial charge in [0.25, 0.3) is 11.8 Å².